The standard InChI is InChI=1S/C14H14N4OS/c1-3-18-11(8-9-15-18)13(19)16-14-17(2)10-6-4-5-7-12(10)20-14/h4-9H,3H2,1-2H3. The van der Waals surface area contributed by atoms with Gasteiger partial charge in [-0.3, -0.25) is 9.48 Å². The van der Waals surface area contributed by atoms with E-state index in [9.17, 15) is 4.79 Å². The largest absolute Gasteiger partial charge is 0.319 e. The first-order chi connectivity index (χ1) is 9.70. The minimum Gasteiger partial charge on any atom is -0.319 e. The van der Waals surface area contributed by atoms with Crippen molar-refractivity contribution in [3.05, 3.63) is 47.0 Å². The molecular formula is C14H14N4OS. The maximum absolute atomic E-state index is 12.2. The average Bonchev–Trinajstić information content (AvgIpc) is 3.05. The van der Waals surface area contributed by atoms with Gasteiger partial charge in [-0.25, -0.2) is 0 Å². The summed E-state index contributed by atoms with van der Waals surface area (Å²) in [5.74, 6) is -0.258. The molecular weight excluding hydrogens is 272 g/mol. The van der Waals surface area contributed by atoms with E-state index in [1.54, 1.807) is 16.9 Å². The number of fused-ring (bicyclic) bond motifs is 1. The summed E-state index contributed by atoms with van der Waals surface area (Å²) in [7, 11) is 1.92. The van der Waals surface area contributed by atoms with Crippen LogP contribution in [0.2, 0.25) is 0 Å². The Morgan fingerprint density at radius 1 is 1.35 bits per heavy atom. The van der Waals surface area contributed by atoms with Crippen molar-refractivity contribution in [1.82, 2.24) is 14.3 Å². The van der Waals surface area contributed by atoms with Crippen LogP contribution in [0.3, 0.4) is 0 Å². The second-order valence-corrected chi connectivity index (χ2v) is 5.37. The van der Waals surface area contributed by atoms with Crippen LogP contribution >= 0.6 is 11.3 Å². The molecule has 102 valence electrons. The van der Waals surface area contributed by atoms with E-state index in [1.165, 1.54) is 11.3 Å². The summed E-state index contributed by atoms with van der Waals surface area (Å²) in [6.07, 6.45) is 1.62. The summed E-state index contributed by atoms with van der Waals surface area (Å²) in [6, 6.07) is 9.71. The topological polar surface area (TPSA) is 52.2 Å². The molecule has 2 aromatic heterocycles. The van der Waals surface area contributed by atoms with Gasteiger partial charge in [0.15, 0.2) is 4.80 Å². The van der Waals surface area contributed by atoms with Crippen LogP contribution in [0, 0.1) is 0 Å². The van der Waals surface area contributed by atoms with Crippen molar-refractivity contribution in [3.63, 3.8) is 0 Å². The zero-order chi connectivity index (χ0) is 14.1. The summed E-state index contributed by atoms with van der Waals surface area (Å²) < 4.78 is 4.70. The normalized spacial score (nSPS) is 12.2. The number of carbonyl (C=O) groups is 1. The number of carbonyl (C=O) groups excluding carboxylic acids is 1. The van der Waals surface area contributed by atoms with Gasteiger partial charge in [-0.05, 0) is 25.1 Å². The zero-order valence-electron chi connectivity index (χ0n) is 11.3. The molecule has 0 aliphatic heterocycles. The van der Waals surface area contributed by atoms with E-state index in [0.717, 1.165) is 10.2 Å². The predicted molar refractivity (Wildman–Crippen MR) is 78.6 cm³/mol. The molecule has 0 atom stereocenters. The second-order valence-electron chi connectivity index (χ2n) is 4.36. The summed E-state index contributed by atoms with van der Waals surface area (Å²) in [6.45, 7) is 2.60. The van der Waals surface area contributed by atoms with Crippen LogP contribution in [0.5, 0.6) is 0 Å². The van der Waals surface area contributed by atoms with E-state index in [2.05, 4.69) is 10.1 Å². The molecule has 0 spiro atoms. The minimum absolute atomic E-state index is 0.258. The van der Waals surface area contributed by atoms with E-state index in [0.29, 0.717) is 17.0 Å². The Bertz CT molecular complexity index is 840. The van der Waals surface area contributed by atoms with Crippen LogP contribution in [-0.2, 0) is 13.6 Å². The fourth-order valence-electron chi connectivity index (χ4n) is 2.10. The molecule has 0 bridgehead atoms. The molecule has 0 fully saturated rings. The highest BCUT2D eigenvalue weighted by Crippen LogP contribution is 2.15. The fraction of sp³-hybridized carbons (Fsp3) is 0.214. The number of rotatable bonds is 2. The minimum atomic E-state index is -0.258. The third kappa shape index (κ3) is 2.08. The number of nitrogens with zero attached hydrogens (tertiary/aromatic N) is 4. The molecule has 5 nitrogen and oxygen atoms in total. The van der Waals surface area contributed by atoms with Gasteiger partial charge < -0.3 is 4.57 Å². The number of hydrogen-bond donors (Lipinski definition) is 0. The third-order valence-electron chi connectivity index (χ3n) is 3.15. The van der Waals surface area contributed by atoms with Crippen molar-refractivity contribution in [2.75, 3.05) is 0 Å². The molecule has 0 aliphatic carbocycles. The molecule has 0 N–H and O–H groups in total. The second kappa shape index (κ2) is 5.05. The lowest BCUT2D eigenvalue weighted by Gasteiger charge is -1.99. The summed E-state index contributed by atoms with van der Waals surface area (Å²) in [4.78, 5) is 17.2. The van der Waals surface area contributed by atoms with Gasteiger partial charge in [-0.15, -0.1) is 0 Å². The lowest BCUT2D eigenvalue weighted by atomic mass is 10.3. The summed E-state index contributed by atoms with van der Waals surface area (Å²) in [5, 5.41) is 4.09. The molecule has 2 heterocycles. The molecule has 0 aliphatic rings. The molecule has 0 saturated heterocycles. The van der Waals surface area contributed by atoms with E-state index in [-0.39, 0.29) is 5.91 Å². The maximum atomic E-state index is 12.2. The van der Waals surface area contributed by atoms with Crippen LogP contribution < -0.4 is 4.80 Å². The number of para-hydroxylation sites is 1. The fourth-order valence-corrected chi connectivity index (χ4v) is 3.12. The molecule has 0 unspecified atom stereocenters. The first-order valence-electron chi connectivity index (χ1n) is 6.36. The van der Waals surface area contributed by atoms with Gasteiger partial charge >= 0.3 is 0 Å². The van der Waals surface area contributed by atoms with Crippen molar-refractivity contribution in [3.8, 4) is 0 Å². The Kier molecular flexibility index (Phi) is 3.23. The first-order valence-corrected chi connectivity index (χ1v) is 7.18. The third-order valence-corrected chi connectivity index (χ3v) is 4.26. The van der Waals surface area contributed by atoms with E-state index >= 15 is 0 Å². The summed E-state index contributed by atoms with van der Waals surface area (Å²) in [5.41, 5.74) is 1.60. The van der Waals surface area contributed by atoms with Gasteiger partial charge in [0.25, 0.3) is 5.91 Å². The Labute approximate surface area is 119 Å². The van der Waals surface area contributed by atoms with Gasteiger partial charge in [0, 0.05) is 19.8 Å². The van der Waals surface area contributed by atoms with Gasteiger partial charge in [0.2, 0.25) is 0 Å². The summed E-state index contributed by atoms with van der Waals surface area (Å²) >= 11 is 1.51. The molecule has 0 radical (unpaired) electrons. The van der Waals surface area contributed by atoms with E-state index < -0.39 is 0 Å². The highest BCUT2D eigenvalue weighted by Gasteiger charge is 2.11. The van der Waals surface area contributed by atoms with Crippen LogP contribution in [0.15, 0.2) is 41.5 Å². The molecule has 6 heteroatoms. The Morgan fingerprint density at radius 3 is 2.90 bits per heavy atom. The van der Waals surface area contributed by atoms with Crippen molar-refractivity contribution in [1.29, 1.82) is 0 Å². The van der Waals surface area contributed by atoms with Crippen LogP contribution in [-0.4, -0.2) is 20.3 Å². The highest BCUT2D eigenvalue weighted by atomic mass is 32.1. The molecule has 3 aromatic rings. The van der Waals surface area contributed by atoms with Gasteiger partial charge in [-0.1, -0.05) is 23.5 Å². The van der Waals surface area contributed by atoms with Crippen molar-refractivity contribution in [2.24, 2.45) is 12.0 Å². The SMILES string of the molecule is CCn1nccc1C(=O)N=c1sc2ccccc2n1C. The number of amides is 1. The van der Waals surface area contributed by atoms with E-state index in [4.69, 9.17) is 0 Å². The smallest absolute Gasteiger partial charge is 0.297 e. The number of benzene rings is 1. The quantitative estimate of drug-likeness (QED) is 0.725. The monoisotopic (exact) mass is 286 g/mol. The number of hydrogen-bond acceptors (Lipinski definition) is 3. The lowest BCUT2D eigenvalue weighted by molar-refractivity contribution is 0.0988. The maximum Gasteiger partial charge on any atom is 0.297 e. The van der Waals surface area contributed by atoms with Crippen LogP contribution in [0.25, 0.3) is 10.2 Å². The number of aryl methyl sites for hydroxylation is 2. The molecule has 3 rings (SSSR count). The molecule has 20 heavy (non-hydrogen) atoms. The molecule has 1 amide bonds. The van der Waals surface area contributed by atoms with Crippen LogP contribution in [0.4, 0.5) is 0 Å². The average molecular weight is 286 g/mol. The molecule has 0 saturated carbocycles. The Balaban J connectivity index is 2.11. The van der Waals surface area contributed by atoms with Gasteiger partial charge in [0.1, 0.15) is 5.69 Å². The lowest BCUT2D eigenvalue weighted by Crippen LogP contribution is -2.15. The number of thiazole rings is 1. The van der Waals surface area contributed by atoms with Gasteiger partial charge in [-0.2, -0.15) is 10.1 Å². The van der Waals surface area contributed by atoms with Crippen molar-refractivity contribution in [2.45, 2.75) is 13.5 Å². The van der Waals surface area contributed by atoms with Crippen molar-refractivity contribution < 1.29 is 4.79 Å². The highest BCUT2D eigenvalue weighted by molar-refractivity contribution is 7.16. The van der Waals surface area contributed by atoms with Crippen LogP contribution in [0.1, 0.15) is 17.4 Å². The van der Waals surface area contributed by atoms with Gasteiger partial charge in [0.05, 0.1) is 10.2 Å². The van der Waals surface area contributed by atoms with Crippen molar-refractivity contribution >= 4 is 27.5 Å². The number of aromatic nitrogens is 3. The Morgan fingerprint density at radius 2 is 2.15 bits per heavy atom. The van der Waals surface area contributed by atoms with E-state index in [1.807, 2.05) is 42.8 Å². The molecule has 1 aromatic carbocycles. The first kappa shape index (κ1) is 12.8. The predicted octanol–water partition coefficient (Wildman–Crippen LogP) is 2.20. The Hall–Kier alpha value is -2.21. The zero-order valence-corrected chi connectivity index (χ0v) is 12.1.